The molecule has 0 saturated carbocycles. The molecule has 0 fully saturated rings. The number of aromatic amines is 1. The zero-order chi connectivity index (χ0) is 18.8. The van der Waals surface area contributed by atoms with Crippen molar-refractivity contribution in [3.63, 3.8) is 0 Å². The summed E-state index contributed by atoms with van der Waals surface area (Å²) < 4.78 is 17.8. The molecule has 2 N–H and O–H groups in total. The van der Waals surface area contributed by atoms with Crippen LogP contribution in [-0.2, 0) is 9.53 Å². The van der Waals surface area contributed by atoms with Crippen LogP contribution in [-0.4, -0.2) is 29.8 Å². The number of H-pyrrole nitrogens is 1. The Bertz CT molecular complexity index is 1040. The van der Waals surface area contributed by atoms with Gasteiger partial charge in [-0.25, -0.2) is 9.18 Å². The number of hydrogen-bond donors (Lipinski definition) is 2. The molecule has 0 aliphatic heterocycles. The van der Waals surface area contributed by atoms with Crippen molar-refractivity contribution in [2.75, 3.05) is 12.4 Å². The molecule has 26 heavy (non-hydrogen) atoms. The summed E-state index contributed by atoms with van der Waals surface area (Å²) in [6, 6.07) is 7.97. The van der Waals surface area contributed by atoms with Gasteiger partial charge in [0.05, 0.1) is 28.9 Å². The minimum atomic E-state index is -0.945. The first-order valence-electron chi connectivity index (χ1n) is 7.41. The van der Waals surface area contributed by atoms with Crippen LogP contribution in [0.15, 0.2) is 42.6 Å². The number of ketones is 1. The fourth-order valence-corrected chi connectivity index (χ4v) is 2.62. The third-order valence-corrected chi connectivity index (χ3v) is 4.06. The van der Waals surface area contributed by atoms with Gasteiger partial charge in [-0.2, -0.15) is 0 Å². The van der Waals surface area contributed by atoms with E-state index in [4.69, 9.17) is 11.6 Å². The number of Topliss-reactive ketones (excluding diaryl/α,β-unsaturated/α-hetero) is 1. The van der Waals surface area contributed by atoms with Crippen LogP contribution < -0.4 is 5.32 Å². The second-order valence-corrected chi connectivity index (χ2v) is 5.77. The highest BCUT2D eigenvalue weighted by atomic mass is 35.5. The van der Waals surface area contributed by atoms with E-state index < -0.39 is 23.5 Å². The summed E-state index contributed by atoms with van der Waals surface area (Å²) in [7, 11) is 1.22. The second-order valence-electron chi connectivity index (χ2n) is 5.36. The van der Waals surface area contributed by atoms with E-state index in [1.165, 1.54) is 49.7 Å². The lowest BCUT2D eigenvalue weighted by molar-refractivity contribution is -0.112. The number of rotatable bonds is 4. The van der Waals surface area contributed by atoms with Gasteiger partial charge in [-0.1, -0.05) is 11.6 Å². The van der Waals surface area contributed by atoms with Gasteiger partial charge in [0.2, 0.25) is 0 Å². The maximum atomic E-state index is 13.2. The smallest absolute Gasteiger partial charge is 0.337 e. The Labute approximate surface area is 151 Å². The molecule has 1 aromatic heterocycles. The highest BCUT2D eigenvalue weighted by Gasteiger charge is 2.21. The van der Waals surface area contributed by atoms with Crippen LogP contribution >= 0.6 is 11.6 Å². The summed E-state index contributed by atoms with van der Waals surface area (Å²) in [5.41, 5.74) is 0.755. The Balaban J connectivity index is 1.87. The predicted molar refractivity (Wildman–Crippen MR) is 94.0 cm³/mol. The lowest BCUT2D eigenvalue weighted by Gasteiger charge is -2.08. The summed E-state index contributed by atoms with van der Waals surface area (Å²) in [5, 5.41) is 2.95. The number of carbonyl (C=O) groups is 3. The van der Waals surface area contributed by atoms with Crippen LogP contribution in [0.5, 0.6) is 0 Å². The molecule has 0 aliphatic carbocycles. The van der Waals surface area contributed by atoms with Crippen LogP contribution in [0.3, 0.4) is 0 Å². The number of ether oxygens (including phenoxy) is 1. The molecule has 3 rings (SSSR count). The fraction of sp³-hybridized carbons (Fsp3) is 0.0556. The first-order chi connectivity index (χ1) is 12.4. The van der Waals surface area contributed by atoms with Crippen molar-refractivity contribution in [2.24, 2.45) is 0 Å². The van der Waals surface area contributed by atoms with Crippen LogP contribution in [0.2, 0.25) is 5.02 Å². The van der Waals surface area contributed by atoms with Crippen LogP contribution in [0.4, 0.5) is 10.1 Å². The molecule has 132 valence electrons. The van der Waals surface area contributed by atoms with E-state index in [0.717, 1.165) is 0 Å². The molecule has 0 radical (unpaired) electrons. The number of aromatic nitrogens is 1. The number of anilines is 1. The molecular weight excluding hydrogens is 363 g/mol. The summed E-state index contributed by atoms with van der Waals surface area (Å²) in [6.07, 6.45) is 1.33. The lowest BCUT2D eigenvalue weighted by Crippen LogP contribution is -2.23. The third-order valence-electron chi connectivity index (χ3n) is 3.73. The Morgan fingerprint density at radius 1 is 1.15 bits per heavy atom. The molecular formula is C18H12ClFN2O4. The third kappa shape index (κ3) is 3.29. The molecule has 2 aromatic carbocycles. The minimum absolute atomic E-state index is 0.0951. The molecule has 0 aliphatic rings. The first kappa shape index (κ1) is 17.6. The summed E-state index contributed by atoms with van der Waals surface area (Å²) in [4.78, 5) is 39.1. The van der Waals surface area contributed by atoms with E-state index in [1.54, 1.807) is 0 Å². The first-order valence-corrected chi connectivity index (χ1v) is 7.78. The van der Waals surface area contributed by atoms with Crippen LogP contribution in [0.25, 0.3) is 10.9 Å². The molecule has 0 saturated heterocycles. The van der Waals surface area contributed by atoms with Gasteiger partial charge in [0, 0.05) is 17.1 Å². The molecule has 3 aromatic rings. The topological polar surface area (TPSA) is 88.3 Å². The summed E-state index contributed by atoms with van der Waals surface area (Å²) in [5.74, 6) is -2.85. The van der Waals surface area contributed by atoms with Gasteiger partial charge >= 0.3 is 5.97 Å². The fourth-order valence-electron chi connectivity index (χ4n) is 2.45. The number of halogens is 2. The number of fused-ring (bicyclic) bond motifs is 1. The van der Waals surface area contributed by atoms with Crippen molar-refractivity contribution in [3.8, 4) is 0 Å². The van der Waals surface area contributed by atoms with Crippen molar-refractivity contribution in [1.82, 2.24) is 4.98 Å². The maximum Gasteiger partial charge on any atom is 0.337 e. The zero-order valence-corrected chi connectivity index (χ0v) is 14.2. The van der Waals surface area contributed by atoms with Crippen molar-refractivity contribution >= 4 is 45.9 Å². The van der Waals surface area contributed by atoms with Gasteiger partial charge in [-0.05, 0) is 36.4 Å². The predicted octanol–water partition coefficient (Wildman–Crippen LogP) is 3.57. The lowest BCUT2D eigenvalue weighted by atomic mass is 10.1. The standard InChI is InChI=1S/C18H12ClFN2O4/c1-26-18(25)9-2-5-13(19)15(6-9)22-17(24)16(23)12-8-21-14-7-10(20)3-4-11(12)14/h2-8,21H,1H3,(H,22,24). The number of nitrogens with one attached hydrogen (secondary N) is 2. The van der Waals surface area contributed by atoms with Crippen molar-refractivity contribution in [2.45, 2.75) is 0 Å². The van der Waals surface area contributed by atoms with E-state index in [0.29, 0.717) is 10.9 Å². The molecule has 6 nitrogen and oxygen atoms in total. The molecule has 8 heteroatoms. The number of benzene rings is 2. The quantitative estimate of drug-likeness (QED) is 0.415. The summed E-state index contributed by atoms with van der Waals surface area (Å²) in [6.45, 7) is 0. The van der Waals surface area contributed by atoms with E-state index in [-0.39, 0.29) is 21.8 Å². The van der Waals surface area contributed by atoms with Gasteiger partial charge in [-0.3, -0.25) is 9.59 Å². The van der Waals surface area contributed by atoms with E-state index in [2.05, 4.69) is 15.0 Å². The van der Waals surface area contributed by atoms with Gasteiger partial charge in [0.25, 0.3) is 11.7 Å². The second kappa shape index (κ2) is 6.97. The SMILES string of the molecule is COC(=O)c1ccc(Cl)c(NC(=O)C(=O)c2c[nH]c3cc(F)ccc23)c1. The highest BCUT2D eigenvalue weighted by molar-refractivity contribution is 6.49. The van der Waals surface area contributed by atoms with E-state index in [9.17, 15) is 18.8 Å². The Kier molecular flexibility index (Phi) is 4.73. The average molecular weight is 375 g/mol. The normalized spacial score (nSPS) is 10.6. The average Bonchev–Trinajstić information content (AvgIpc) is 3.04. The number of hydrogen-bond acceptors (Lipinski definition) is 4. The van der Waals surface area contributed by atoms with Crippen LogP contribution in [0.1, 0.15) is 20.7 Å². The molecule has 0 unspecified atom stereocenters. The van der Waals surface area contributed by atoms with Gasteiger partial charge < -0.3 is 15.0 Å². The maximum absolute atomic E-state index is 13.2. The number of esters is 1. The van der Waals surface area contributed by atoms with Gasteiger partial charge in [0.1, 0.15) is 5.82 Å². The van der Waals surface area contributed by atoms with Crippen LogP contribution in [0, 0.1) is 5.82 Å². The van der Waals surface area contributed by atoms with E-state index in [1.807, 2.05) is 0 Å². The van der Waals surface area contributed by atoms with Crippen molar-refractivity contribution in [3.05, 3.63) is 64.6 Å². The zero-order valence-electron chi connectivity index (χ0n) is 13.4. The number of carbonyl (C=O) groups excluding carboxylic acids is 3. The van der Waals surface area contributed by atoms with Crippen molar-refractivity contribution < 1.29 is 23.5 Å². The number of amides is 1. The molecule has 1 heterocycles. The Hall–Kier alpha value is -3.19. The highest BCUT2D eigenvalue weighted by Crippen LogP contribution is 2.25. The molecule has 0 bridgehead atoms. The van der Waals surface area contributed by atoms with Gasteiger partial charge in [-0.15, -0.1) is 0 Å². The number of methoxy groups -OCH3 is 1. The molecule has 0 spiro atoms. The Morgan fingerprint density at radius 2 is 1.92 bits per heavy atom. The summed E-state index contributed by atoms with van der Waals surface area (Å²) >= 11 is 6.00. The minimum Gasteiger partial charge on any atom is -0.465 e. The largest absolute Gasteiger partial charge is 0.465 e. The Morgan fingerprint density at radius 3 is 2.65 bits per heavy atom. The van der Waals surface area contributed by atoms with Gasteiger partial charge in [0.15, 0.2) is 0 Å². The molecule has 0 atom stereocenters. The monoisotopic (exact) mass is 374 g/mol. The van der Waals surface area contributed by atoms with E-state index >= 15 is 0 Å². The van der Waals surface area contributed by atoms with Crippen molar-refractivity contribution in [1.29, 1.82) is 0 Å². The molecule has 1 amide bonds.